The minimum atomic E-state index is -0.325. The second-order valence-electron chi connectivity index (χ2n) is 4.15. The van der Waals surface area contributed by atoms with E-state index in [1.165, 1.54) is 0 Å². The minimum absolute atomic E-state index is 0.325. The Balaban J connectivity index is 2.04. The van der Waals surface area contributed by atoms with Crippen LogP contribution in [0.1, 0.15) is 23.0 Å². The number of aromatic nitrogens is 3. The van der Waals surface area contributed by atoms with Crippen molar-refractivity contribution in [1.82, 2.24) is 15.0 Å². The van der Waals surface area contributed by atoms with Gasteiger partial charge in [0.25, 0.3) is 0 Å². The summed E-state index contributed by atoms with van der Waals surface area (Å²) in [6, 6.07) is 5.28. The molecular weight excluding hydrogens is 324 g/mol. The zero-order chi connectivity index (χ0) is 14.5. The highest BCUT2D eigenvalue weighted by molar-refractivity contribution is 9.10. The van der Waals surface area contributed by atoms with E-state index >= 15 is 0 Å². The molecular formula is C13H15BrN4O2. The lowest BCUT2D eigenvalue weighted by Crippen LogP contribution is -2.06. The van der Waals surface area contributed by atoms with Crippen LogP contribution < -0.4 is 5.32 Å². The largest absolute Gasteiger partial charge is 0.462 e. The summed E-state index contributed by atoms with van der Waals surface area (Å²) in [7, 11) is 1.82. The second kappa shape index (κ2) is 6.51. The van der Waals surface area contributed by atoms with Gasteiger partial charge in [0.15, 0.2) is 0 Å². The third kappa shape index (κ3) is 3.57. The van der Waals surface area contributed by atoms with Crippen LogP contribution in [-0.4, -0.2) is 27.6 Å². The van der Waals surface area contributed by atoms with Crippen molar-refractivity contribution in [3.63, 3.8) is 0 Å². The van der Waals surface area contributed by atoms with Crippen molar-refractivity contribution in [1.29, 1.82) is 0 Å². The van der Waals surface area contributed by atoms with Gasteiger partial charge in [-0.05, 0) is 41.1 Å². The number of esters is 1. The van der Waals surface area contributed by atoms with E-state index in [0.29, 0.717) is 18.7 Å². The Kier molecular flexibility index (Phi) is 4.73. The second-order valence-corrected chi connectivity index (χ2v) is 5.01. The molecule has 0 fully saturated rings. The molecule has 0 atom stereocenters. The maximum Gasteiger partial charge on any atom is 0.338 e. The average Bonchev–Trinajstić information content (AvgIpc) is 2.83. The van der Waals surface area contributed by atoms with Crippen molar-refractivity contribution in [2.45, 2.75) is 13.5 Å². The lowest BCUT2D eigenvalue weighted by molar-refractivity contribution is 0.0526. The smallest absolute Gasteiger partial charge is 0.338 e. The zero-order valence-corrected chi connectivity index (χ0v) is 12.8. The monoisotopic (exact) mass is 338 g/mol. The van der Waals surface area contributed by atoms with Gasteiger partial charge >= 0.3 is 5.97 Å². The number of carbonyl (C=O) groups excluding carboxylic acids is 1. The molecule has 0 saturated carbocycles. The number of rotatable bonds is 5. The molecule has 0 unspecified atom stereocenters. The van der Waals surface area contributed by atoms with Gasteiger partial charge in [-0.3, -0.25) is 4.68 Å². The van der Waals surface area contributed by atoms with Crippen LogP contribution in [0.3, 0.4) is 0 Å². The fourth-order valence-corrected chi connectivity index (χ4v) is 2.18. The number of halogens is 1. The zero-order valence-electron chi connectivity index (χ0n) is 11.3. The fraction of sp³-hybridized carbons (Fsp3) is 0.308. The molecule has 6 nitrogen and oxygen atoms in total. The summed E-state index contributed by atoms with van der Waals surface area (Å²) in [6.07, 6.45) is 1.84. The van der Waals surface area contributed by atoms with Crippen molar-refractivity contribution in [2.75, 3.05) is 11.9 Å². The third-order valence-electron chi connectivity index (χ3n) is 2.59. The molecule has 1 aromatic heterocycles. The summed E-state index contributed by atoms with van der Waals surface area (Å²) in [5.74, 6) is -0.325. The molecule has 0 bridgehead atoms. The molecule has 0 spiro atoms. The van der Waals surface area contributed by atoms with Gasteiger partial charge in [-0.15, -0.1) is 5.10 Å². The van der Waals surface area contributed by atoms with Gasteiger partial charge in [0, 0.05) is 23.4 Å². The number of hydrogen-bond donors (Lipinski definition) is 1. The molecule has 1 heterocycles. The lowest BCUT2D eigenvalue weighted by Gasteiger charge is -2.08. The van der Waals surface area contributed by atoms with Crippen LogP contribution in [0.5, 0.6) is 0 Å². The first-order valence-electron chi connectivity index (χ1n) is 6.16. The number of ether oxygens (including phenoxy) is 1. The van der Waals surface area contributed by atoms with Crippen LogP contribution in [0.25, 0.3) is 0 Å². The molecule has 0 aliphatic carbocycles. The Morgan fingerprint density at radius 3 is 2.90 bits per heavy atom. The molecule has 20 heavy (non-hydrogen) atoms. The van der Waals surface area contributed by atoms with Gasteiger partial charge in [0.2, 0.25) is 0 Å². The van der Waals surface area contributed by atoms with Crippen molar-refractivity contribution >= 4 is 27.6 Å². The molecule has 7 heteroatoms. The first kappa shape index (κ1) is 14.5. The predicted octanol–water partition coefficient (Wildman–Crippen LogP) is 2.37. The van der Waals surface area contributed by atoms with Gasteiger partial charge in [-0.2, -0.15) is 0 Å². The van der Waals surface area contributed by atoms with E-state index in [1.54, 1.807) is 23.7 Å². The Morgan fingerprint density at radius 2 is 2.30 bits per heavy atom. The lowest BCUT2D eigenvalue weighted by atomic mass is 10.2. The maximum atomic E-state index is 11.6. The molecule has 2 rings (SSSR count). The molecule has 1 aromatic carbocycles. The molecule has 0 aliphatic heterocycles. The van der Waals surface area contributed by atoms with Gasteiger partial charge in [0.1, 0.15) is 5.69 Å². The van der Waals surface area contributed by atoms with E-state index in [0.717, 1.165) is 15.9 Å². The van der Waals surface area contributed by atoms with Gasteiger partial charge in [0.05, 0.1) is 18.7 Å². The molecule has 0 aliphatic rings. The third-order valence-corrected chi connectivity index (χ3v) is 3.25. The topological polar surface area (TPSA) is 69.0 Å². The molecule has 106 valence electrons. The van der Waals surface area contributed by atoms with Crippen LogP contribution in [0.4, 0.5) is 5.69 Å². The van der Waals surface area contributed by atoms with Crippen LogP contribution in [0, 0.1) is 0 Å². The first-order chi connectivity index (χ1) is 9.60. The number of aryl methyl sites for hydroxylation is 1. The van der Waals surface area contributed by atoms with E-state index < -0.39 is 0 Å². The Morgan fingerprint density at radius 1 is 1.50 bits per heavy atom. The summed E-state index contributed by atoms with van der Waals surface area (Å²) < 4.78 is 7.40. The van der Waals surface area contributed by atoms with Gasteiger partial charge in [-0.25, -0.2) is 4.79 Å². The van der Waals surface area contributed by atoms with E-state index in [-0.39, 0.29) is 5.97 Å². The summed E-state index contributed by atoms with van der Waals surface area (Å²) in [5, 5.41) is 11.1. The summed E-state index contributed by atoms with van der Waals surface area (Å²) in [5.41, 5.74) is 2.24. The number of nitrogens with zero attached hydrogens (tertiary/aromatic N) is 3. The fourth-order valence-electron chi connectivity index (χ4n) is 1.66. The SMILES string of the molecule is CCOC(=O)c1ccc(NCc2cn(C)nn2)c(Br)c1. The summed E-state index contributed by atoms with van der Waals surface area (Å²) in [4.78, 5) is 11.6. The molecule has 0 saturated heterocycles. The normalized spacial score (nSPS) is 10.3. The van der Waals surface area contributed by atoms with E-state index in [2.05, 4.69) is 31.6 Å². The van der Waals surface area contributed by atoms with E-state index in [4.69, 9.17) is 4.74 Å². The first-order valence-corrected chi connectivity index (χ1v) is 6.95. The maximum absolute atomic E-state index is 11.6. The summed E-state index contributed by atoms with van der Waals surface area (Å²) >= 11 is 3.43. The van der Waals surface area contributed by atoms with Gasteiger partial charge < -0.3 is 10.1 Å². The number of anilines is 1. The number of carbonyl (C=O) groups is 1. The Bertz CT molecular complexity index is 612. The van der Waals surface area contributed by atoms with Crippen molar-refractivity contribution in [3.05, 3.63) is 40.1 Å². The van der Waals surface area contributed by atoms with Gasteiger partial charge in [-0.1, -0.05) is 5.21 Å². The quantitative estimate of drug-likeness (QED) is 0.847. The average molecular weight is 339 g/mol. The molecule has 0 radical (unpaired) electrons. The molecule has 0 amide bonds. The predicted molar refractivity (Wildman–Crippen MR) is 78.4 cm³/mol. The van der Waals surface area contributed by atoms with Crippen molar-refractivity contribution in [3.8, 4) is 0 Å². The number of benzene rings is 1. The van der Waals surface area contributed by atoms with E-state index in [9.17, 15) is 4.79 Å². The van der Waals surface area contributed by atoms with E-state index in [1.807, 2.05) is 19.3 Å². The molecule has 1 N–H and O–H groups in total. The number of nitrogens with one attached hydrogen (secondary N) is 1. The Hall–Kier alpha value is -1.89. The highest BCUT2D eigenvalue weighted by Crippen LogP contribution is 2.24. The Labute approximate surface area is 125 Å². The standard InChI is InChI=1S/C13H15BrN4O2/c1-3-20-13(19)9-4-5-12(11(14)6-9)15-7-10-8-18(2)17-16-10/h4-6,8,15H,3,7H2,1-2H3. The van der Waals surface area contributed by atoms with Crippen molar-refractivity contribution in [2.24, 2.45) is 7.05 Å². The highest BCUT2D eigenvalue weighted by Gasteiger charge is 2.09. The highest BCUT2D eigenvalue weighted by atomic mass is 79.9. The van der Waals surface area contributed by atoms with Crippen molar-refractivity contribution < 1.29 is 9.53 Å². The summed E-state index contributed by atoms with van der Waals surface area (Å²) in [6.45, 7) is 2.71. The van der Waals surface area contributed by atoms with Crippen LogP contribution in [0.2, 0.25) is 0 Å². The number of hydrogen-bond acceptors (Lipinski definition) is 5. The van der Waals surface area contributed by atoms with Crippen LogP contribution in [-0.2, 0) is 18.3 Å². The molecule has 2 aromatic rings. The van der Waals surface area contributed by atoms with Crippen LogP contribution >= 0.6 is 15.9 Å². The van der Waals surface area contributed by atoms with Crippen LogP contribution in [0.15, 0.2) is 28.9 Å². The minimum Gasteiger partial charge on any atom is -0.462 e.